The first-order chi connectivity index (χ1) is 33.7. The van der Waals surface area contributed by atoms with Gasteiger partial charge in [0.15, 0.2) is 17.5 Å². The van der Waals surface area contributed by atoms with Gasteiger partial charge in [-0.3, -0.25) is 0 Å². The van der Waals surface area contributed by atoms with Gasteiger partial charge in [-0.2, -0.15) is 0 Å². The molecule has 0 unspecified atom stereocenters. The molecule has 0 aliphatic heterocycles. The summed E-state index contributed by atoms with van der Waals surface area (Å²) < 4.78 is 8.98. The van der Waals surface area contributed by atoms with Crippen LogP contribution in [0.5, 0.6) is 0 Å². The molecule has 0 saturated carbocycles. The highest BCUT2D eigenvalue weighted by Gasteiger charge is 2.24. The second-order valence-electron chi connectivity index (χ2n) is 17.5. The molecule has 1 aliphatic carbocycles. The molecule has 3 aromatic heterocycles. The predicted octanol–water partition coefficient (Wildman–Crippen LogP) is 16.5. The molecule has 0 radical (unpaired) electrons. The molecular formula is C63H38N4O. The van der Waals surface area contributed by atoms with Crippen molar-refractivity contribution in [3.8, 4) is 95.5 Å². The van der Waals surface area contributed by atoms with Crippen molar-refractivity contribution < 1.29 is 4.42 Å². The average molecular weight is 867 g/mol. The van der Waals surface area contributed by atoms with E-state index in [0.717, 1.165) is 66.5 Å². The fraction of sp³-hybridized carbons (Fsp3) is 0. The number of hydrogen-bond acceptors (Lipinski definition) is 4. The van der Waals surface area contributed by atoms with Crippen LogP contribution >= 0.6 is 0 Å². The highest BCUT2D eigenvalue weighted by atomic mass is 16.3. The minimum atomic E-state index is 0.594. The Morgan fingerprint density at radius 1 is 0.279 bits per heavy atom. The highest BCUT2D eigenvalue weighted by Crippen LogP contribution is 2.49. The van der Waals surface area contributed by atoms with Crippen LogP contribution in [0, 0.1) is 0 Å². The molecule has 0 atom stereocenters. The van der Waals surface area contributed by atoms with Gasteiger partial charge in [0.05, 0.1) is 11.0 Å². The van der Waals surface area contributed by atoms with Gasteiger partial charge in [0.2, 0.25) is 0 Å². The van der Waals surface area contributed by atoms with Gasteiger partial charge in [0.25, 0.3) is 0 Å². The Balaban J connectivity index is 0.923. The monoisotopic (exact) mass is 866 g/mol. The number of aromatic nitrogens is 4. The first kappa shape index (κ1) is 38.1. The molecule has 13 aromatic rings. The molecule has 0 spiro atoms. The van der Waals surface area contributed by atoms with Crippen molar-refractivity contribution in [2.24, 2.45) is 0 Å². The first-order valence-electron chi connectivity index (χ1n) is 23.0. The van der Waals surface area contributed by atoms with Crippen LogP contribution in [0.2, 0.25) is 0 Å². The Kier molecular flexibility index (Phi) is 8.52. The van der Waals surface area contributed by atoms with Gasteiger partial charge in [-0.25, -0.2) is 15.0 Å². The lowest BCUT2D eigenvalue weighted by Gasteiger charge is -2.23. The van der Waals surface area contributed by atoms with Crippen molar-refractivity contribution in [2.75, 3.05) is 0 Å². The second-order valence-corrected chi connectivity index (χ2v) is 17.5. The largest absolute Gasteiger partial charge is 0.456 e. The normalized spacial score (nSPS) is 11.8. The van der Waals surface area contributed by atoms with Crippen molar-refractivity contribution in [1.82, 2.24) is 19.5 Å². The number of hydrogen-bond donors (Lipinski definition) is 0. The first-order valence-corrected chi connectivity index (χ1v) is 23.0. The molecule has 68 heavy (non-hydrogen) atoms. The van der Waals surface area contributed by atoms with E-state index in [2.05, 4.69) is 162 Å². The van der Waals surface area contributed by atoms with E-state index < -0.39 is 0 Å². The summed E-state index contributed by atoms with van der Waals surface area (Å²) in [4.78, 5) is 15.2. The third kappa shape index (κ3) is 5.99. The Morgan fingerprint density at radius 3 is 1.40 bits per heavy atom. The molecule has 0 bridgehead atoms. The van der Waals surface area contributed by atoms with Gasteiger partial charge in [0.1, 0.15) is 11.2 Å². The van der Waals surface area contributed by atoms with Crippen molar-refractivity contribution >= 4 is 43.7 Å². The summed E-state index contributed by atoms with van der Waals surface area (Å²) in [6.45, 7) is 0. The maximum atomic E-state index is 6.55. The molecule has 0 fully saturated rings. The van der Waals surface area contributed by atoms with Crippen LogP contribution in [0.1, 0.15) is 0 Å². The number of nitrogens with zero attached hydrogens (tertiary/aromatic N) is 4. The molecular weight excluding hydrogens is 829 g/mol. The van der Waals surface area contributed by atoms with E-state index in [1.54, 1.807) is 0 Å². The average Bonchev–Trinajstić information content (AvgIpc) is 3.96. The minimum Gasteiger partial charge on any atom is -0.456 e. The Labute approximate surface area is 391 Å². The van der Waals surface area contributed by atoms with Crippen LogP contribution in [-0.4, -0.2) is 19.5 Å². The van der Waals surface area contributed by atoms with Gasteiger partial charge in [0, 0.05) is 43.9 Å². The SMILES string of the molecule is c1ccc(-c2nc(-c3ccccc3)nc(-c3cccc4oc5ccc(-c6ccc7c(c6)c6ccccc6n7-c6ccc7c(c6)-c6ccccc6-c6ccccc6-c6ccccc6-7)cc5c34)n2)cc1. The summed E-state index contributed by atoms with van der Waals surface area (Å²) in [5.74, 6) is 1.83. The Hall–Kier alpha value is -9.19. The third-order valence-electron chi connectivity index (χ3n) is 13.6. The smallest absolute Gasteiger partial charge is 0.164 e. The van der Waals surface area contributed by atoms with E-state index in [1.165, 1.54) is 55.3 Å². The van der Waals surface area contributed by atoms with Gasteiger partial charge in [-0.15, -0.1) is 0 Å². The van der Waals surface area contributed by atoms with Crippen LogP contribution in [-0.2, 0) is 0 Å². The summed E-state index contributed by atoms with van der Waals surface area (Å²) in [6.07, 6.45) is 0. The van der Waals surface area contributed by atoms with Crippen molar-refractivity contribution in [3.05, 3.63) is 231 Å². The molecule has 0 amide bonds. The third-order valence-corrected chi connectivity index (χ3v) is 13.6. The van der Waals surface area contributed by atoms with Crippen LogP contribution < -0.4 is 0 Å². The Bertz CT molecular complexity index is 4080. The molecule has 316 valence electrons. The molecule has 5 nitrogen and oxygen atoms in total. The van der Waals surface area contributed by atoms with Crippen molar-refractivity contribution in [2.45, 2.75) is 0 Å². The topological polar surface area (TPSA) is 56.7 Å². The van der Waals surface area contributed by atoms with Gasteiger partial charge in [-0.05, 0) is 104 Å². The van der Waals surface area contributed by atoms with Crippen LogP contribution in [0.4, 0.5) is 0 Å². The molecule has 14 rings (SSSR count). The van der Waals surface area contributed by atoms with Crippen molar-refractivity contribution in [3.63, 3.8) is 0 Å². The second kappa shape index (κ2) is 15.2. The van der Waals surface area contributed by atoms with Gasteiger partial charge < -0.3 is 8.98 Å². The van der Waals surface area contributed by atoms with Gasteiger partial charge in [-0.1, -0.05) is 182 Å². The van der Waals surface area contributed by atoms with E-state index in [9.17, 15) is 0 Å². The molecule has 5 heteroatoms. The molecule has 1 aliphatic rings. The number of rotatable bonds is 5. The van der Waals surface area contributed by atoms with Crippen LogP contribution in [0.25, 0.3) is 139 Å². The quantitative estimate of drug-likeness (QED) is 0.173. The predicted molar refractivity (Wildman–Crippen MR) is 278 cm³/mol. The van der Waals surface area contributed by atoms with Crippen molar-refractivity contribution in [1.29, 1.82) is 0 Å². The number of furan rings is 1. The number of para-hydroxylation sites is 1. The van der Waals surface area contributed by atoms with E-state index in [-0.39, 0.29) is 0 Å². The van der Waals surface area contributed by atoms with Crippen LogP contribution in [0.3, 0.4) is 0 Å². The summed E-state index contributed by atoms with van der Waals surface area (Å²) in [6, 6.07) is 82.0. The molecule has 0 N–H and O–H groups in total. The van der Waals surface area contributed by atoms with E-state index in [4.69, 9.17) is 19.4 Å². The standard InChI is InChI=1S/C63H38N4O/c1-3-16-39(17-4-1)61-64-62(40-18-5-2-6-19-40)66-63(65-61)52-27-15-29-59-60(52)55-37-42(31-35-58(55)68-59)41-30-34-57-54(36-41)51-26-13-14-28-56(51)67(57)43-32-33-50-48-24-10-9-22-46(48)44-20-7-8-21-45(44)47-23-11-12-25-49(47)53(50)38-43/h1-38H. The summed E-state index contributed by atoms with van der Waals surface area (Å²) in [5, 5.41) is 4.36. The van der Waals surface area contributed by atoms with Gasteiger partial charge >= 0.3 is 0 Å². The molecule has 10 aromatic carbocycles. The Morgan fingerprint density at radius 2 is 0.765 bits per heavy atom. The minimum absolute atomic E-state index is 0.594. The fourth-order valence-electron chi connectivity index (χ4n) is 10.5. The lowest BCUT2D eigenvalue weighted by molar-refractivity contribution is 0.669. The zero-order valence-electron chi connectivity index (χ0n) is 36.6. The maximum absolute atomic E-state index is 6.55. The lowest BCUT2D eigenvalue weighted by Crippen LogP contribution is -2.00. The summed E-state index contributed by atoms with van der Waals surface area (Å²) in [7, 11) is 0. The highest BCUT2D eigenvalue weighted by molar-refractivity contribution is 6.14. The molecule has 3 heterocycles. The van der Waals surface area contributed by atoms with E-state index in [1.807, 2.05) is 72.8 Å². The lowest BCUT2D eigenvalue weighted by atomic mass is 9.81. The summed E-state index contributed by atoms with van der Waals surface area (Å²) >= 11 is 0. The molecule has 0 saturated heterocycles. The summed E-state index contributed by atoms with van der Waals surface area (Å²) in [5.41, 5.74) is 19.8. The zero-order valence-corrected chi connectivity index (χ0v) is 36.6. The zero-order chi connectivity index (χ0) is 44.7. The maximum Gasteiger partial charge on any atom is 0.164 e. The van der Waals surface area contributed by atoms with E-state index in [0.29, 0.717) is 17.5 Å². The number of benzene rings is 10. The fourth-order valence-corrected chi connectivity index (χ4v) is 10.5. The van der Waals surface area contributed by atoms with Crippen LogP contribution in [0.15, 0.2) is 235 Å². The van der Waals surface area contributed by atoms with E-state index >= 15 is 0 Å². The number of fused-ring (bicyclic) bond motifs is 14.